The van der Waals surface area contributed by atoms with Crippen molar-refractivity contribution in [3.05, 3.63) is 48.0 Å². The minimum absolute atomic E-state index is 0.0973. The van der Waals surface area contributed by atoms with Crippen LogP contribution in [0, 0.1) is 41.7 Å². The second-order valence-corrected chi connectivity index (χ2v) is 4.52. The molecule has 1 aromatic rings. The van der Waals surface area contributed by atoms with Gasteiger partial charge in [-0.1, -0.05) is 19.8 Å². The van der Waals surface area contributed by atoms with Gasteiger partial charge in [-0.3, -0.25) is 30.3 Å². The van der Waals surface area contributed by atoms with Gasteiger partial charge in [-0.2, -0.15) is 5.26 Å². The van der Waals surface area contributed by atoms with Crippen LogP contribution in [0.5, 0.6) is 0 Å². The van der Waals surface area contributed by atoms with Crippen LogP contribution in [0.2, 0.25) is 0 Å². The standard InChI is InChI=1S/C7H2N4O6.C5H14N2/c8-3-4-1-2-5(9(12)13)7(11(16)17)6(4)10(14)15;1-2-3-4-5(6)7/h1-2H;5H,2-4,6-7H2,1H3. The summed E-state index contributed by atoms with van der Waals surface area (Å²) in [5.41, 5.74) is 6.41. The summed E-state index contributed by atoms with van der Waals surface area (Å²) >= 11 is 0. The maximum absolute atomic E-state index is 10.6. The van der Waals surface area contributed by atoms with Crippen LogP contribution < -0.4 is 11.5 Å². The number of unbranched alkanes of at least 4 members (excludes halogenated alkanes) is 1. The Morgan fingerprint density at radius 1 is 1.08 bits per heavy atom. The Hall–Kier alpha value is -3.17. The van der Waals surface area contributed by atoms with E-state index in [9.17, 15) is 30.3 Å². The lowest BCUT2D eigenvalue weighted by Crippen LogP contribution is -2.29. The van der Waals surface area contributed by atoms with Crippen LogP contribution in [-0.2, 0) is 0 Å². The number of hydrogen-bond acceptors (Lipinski definition) is 9. The van der Waals surface area contributed by atoms with Gasteiger partial charge in [0, 0.05) is 6.07 Å². The number of nitriles is 1. The van der Waals surface area contributed by atoms with Gasteiger partial charge in [0.15, 0.2) is 0 Å². The molecule has 130 valence electrons. The monoisotopic (exact) mass is 340 g/mol. The van der Waals surface area contributed by atoms with Crippen LogP contribution in [-0.4, -0.2) is 20.9 Å². The van der Waals surface area contributed by atoms with E-state index in [2.05, 4.69) is 6.92 Å². The van der Waals surface area contributed by atoms with Crippen molar-refractivity contribution in [1.29, 1.82) is 5.26 Å². The Labute approximate surface area is 136 Å². The first-order valence-electron chi connectivity index (χ1n) is 6.68. The molecule has 0 saturated carbocycles. The van der Waals surface area contributed by atoms with Gasteiger partial charge in [-0.05, 0) is 12.5 Å². The third kappa shape index (κ3) is 5.91. The summed E-state index contributed by atoms with van der Waals surface area (Å²) in [7, 11) is 0. The first kappa shape index (κ1) is 20.8. The number of nitro benzene ring substituents is 3. The normalized spacial score (nSPS) is 9.62. The van der Waals surface area contributed by atoms with E-state index >= 15 is 0 Å². The minimum atomic E-state index is -1.29. The Balaban J connectivity index is 0.000000640. The average molecular weight is 340 g/mol. The maximum atomic E-state index is 10.6. The van der Waals surface area contributed by atoms with Crippen LogP contribution in [0.15, 0.2) is 12.1 Å². The van der Waals surface area contributed by atoms with Gasteiger partial charge in [0.2, 0.25) is 0 Å². The van der Waals surface area contributed by atoms with Crippen LogP contribution in [0.1, 0.15) is 31.7 Å². The maximum Gasteiger partial charge on any atom is 0.423 e. The zero-order chi connectivity index (χ0) is 18.9. The fourth-order valence-electron chi connectivity index (χ4n) is 1.61. The largest absolute Gasteiger partial charge is 0.423 e. The molecule has 4 N–H and O–H groups in total. The molecule has 1 rings (SSSR count). The molecule has 0 aliphatic heterocycles. The van der Waals surface area contributed by atoms with E-state index in [-0.39, 0.29) is 6.17 Å². The Morgan fingerprint density at radius 2 is 1.62 bits per heavy atom. The molecule has 0 unspecified atom stereocenters. The van der Waals surface area contributed by atoms with Crippen molar-refractivity contribution in [2.75, 3.05) is 0 Å². The first-order valence-corrected chi connectivity index (χ1v) is 6.68. The third-order valence-electron chi connectivity index (χ3n) is 2.70. The molecular formula is C12H16N6O6. The van der Waals surface area contributed by atoms with Crippen molar-refractivity contribution in [3.63, 3.8) is 0 Å². The van der Waals surface area contributed by atoms with Gasteiger partial charge in [-0.15, -0.1) is 0 Å². The van der Waals surface area contributed by atoms with Crippen molar-refractivity contribution < 1.29 is 14.8 Å². The molecule has 0 aromatic heterocycles. The summed E-state index contributed by atoms with van der Waals surface area (Å²) < 4.78 is 0. The number of hydrogen-bond donors (Lipinski definition) is 2. The number of nitro groups is 3. The molecule has 0 spiro atoms. The number of benzene rings is 1. The zero-order valence-electron chi connectivity index (χ0n) is 12.7. The summed E-state index contributed by atoms with van der Waals surface area (Å²) in [6.07, 6.45) is 3.19. The van der Waals surface area contributed by atoms with Crippen molar-refractivity contribution >= 4 is 17.1 Å². The highest BCUT2D eigenvalue weighted by molar-refractivity contribution is 5.71. The Kier molecular flexibility index (Phi) is 8.48. The van der Waals surface area contributed by atoms with Crippen LogP contribution >= 0.6 is 0 Å². The van der Waals surface area contributed by atoms with E-state index in [4.69, 9.17) is 16.7 Å². The summed E-state index contributed by atoms with van der Waals surface area (Å²) in [4.78, 5) is 28.1. The van der Waals surface area contributed by atoms with E-state index in [0.717, 1.165) is 18.9 Å². The molecule has 0 bridgehead atoms. The lowest BCUT2D eigenvalue weighted by molar-refractivity contribution is -0.441. The molecule has 12 heteroatoms. The third-order valence-corrected chi connectivity index (χ3v) is 2.70. The predicted molar refractivity (Wildman–Crippen MR) is 82.8 cm³/mol. The smallest absolute Gasteiger partial charge is 0.316 e. The van der Waals surface area contributed by atoms with Crippen molar-refractivity contribution in [3.8, 4) is 6.07 Å². The Bertz CT molecular complexity index is 669. The minimum Gasteiger partial charge on any atom is -0.316 e. The average Bonchev–Trinajstić information content (AvgIpc) is 2.51. The number of nitrogens with two attached hydrogens (primary N) is 2. The van der Waals surface area contributed by atoms with E-state index < -0.39 is 37.4 Å². The predicted octanol–water partition coefficient (Wildman–Crippen LogP) is 1.70. The summed E-state index contributed by atoms with van der Waals surface area (Å²) in [5, 5.41) is 40.3. The molecule has 0 aliphatic carbocycles. The highest BCUT2D eigenvalue weighted by Crippen LogP contribution is 2.38. The first-order chi connectivity index (χ1) is 11.2. The lowest BCUT2D eigenvalue weighted by Gasteiger charge is -2.00. The van der Waals surface area contributed by atoms with E-state index in [1.807, 2.05) is 0 Å². The number of rotatable bonds is 6. The van der Waals surface area contributed by atoms with Crippen molar-refractivity contribution in [1.82, 2.24) is 0 Å². The van der Waals surface area contributed by atoms with Gasteiger partial charge < -0.3 is 11.5 Å². The van der Waals surface area contributed by atoms with E-state index in [0.29, 0.717) is 6.07 Å². The molecule has 0 amide bonds. The van der Waals surface area contributed by atoms with Gasteiger partial charge in [0.25, 0.3) is 0 Å². The SMILES string of the molecule is CCCCC(N)N.N#Cc1ccc([N+](=O)[O-])c([N+](=O)[O-])c1[N+](=O)[O-]. The van der Waals surface area contributed by atoms with Crippen molar-refractivity contribution in [2.45, 2.75) is 32.4 Å². The highest BCUT2D eigenvalue weighted by Gasteiger charge is 2.38. The molecule has 1 aromatic carbocycles. The number of nitrogens with zero attached hydrogens (tertiary/aromatic N) is 4. The molecule has 0 fully saturated rings. The van der Waals surface area contributed by atoms with Gasteiger partial charge in [-0.25, -0.2) is 0 Å². The lowest BCUT2D eigenvalue weighted by atomic mass is 10.1. The zero-order valence-corrected chi connectivity index (χ0v) is 12.7. The second-order valence-electron chi connectivity index (χ2n) is 4.52. The summed E-state index contributed by atoms with van der Waals surface area (Å²) in [6.45, 7) is 2.13. The molecule has 24 heavy (non-hydrogen) atoms. The molecule has 0 heterocycles. The molecule has 0 atom stereocenters. The quantitative estimate of drug-likeness (QED) is 0.438. The van der Waals surface area contributed by atoms with Gasteiger partial charge in [0.1, 0.15) is 11.6 Å². The second kappa shape index (κ2) is 9.77. The van der Waals surface area contributed by atoms with Crippen LogP contribution in [0.4, 0.5) is 17.1 Å². The fraction of sp³-hybridized carbons (Fsp3) is 0.417. The van der Waals surface area contributed by atoms with E-state index in [1.165, 1.54) is 12.5 Å². The highest BCUT2D eigenvalue weighted by atomic mass is 16.6. The molecule has 0 radical (unpaired) electrons. The molecule has 12 nitrogen and oxygen atoms in total. The van der Waals surface area contributed by atoms with Gasteiger partial charge >= 0.3 is 17.1 Å². The molecule has 0 saturated heterocycles. The molecule has 0 aliphatic rings. The van der Waals surface area contributed by atoms with E-state index in [1.54, 1.807) is 0 Å². The fourth-order valence-corrected chi connectivity index (χ4v) is 1.61. The molecular weight excluding hydrogens is 324 g/mol. The van der Waals surface area contributed by atoms with Crippen molar-refractivity contribution in [2.24, 2.45) is 11.5 Å². The summed E-state index contributed by atoms with van der Waals surface area (Å²) in [5.74, 6) is 0. The van der Waals surface area contributed by atoms with Crippen LogP contribution in [0.3, 0.4) is 0 Å². The topological polar surface area (TPSA) is 205 Å². The van der Waals surface area contributed by atoms with Gasteiger partial charge in [0.05, 0.1) is 20.9 Å². The summed E-state index contributed by atoms with van der Waals surface area (Å²) in [6, 6.07) is 2.85. The Morgan fingerprint density at radius 3 is 1.92 bits per heavy atom. The van der Waals surface area contributed by atoms with Crippen LogP contribution in [0.25, 0.3) is 0 Å².